The van der Waals surface area contributed by atoms with Gasteiger partial charge in [-0.15, -0.1) is 0 Å². The van der Waals surface area contributed by atoms with Crippen LogP contribution in [0.2, 0.25) is 0 Å². The summed E-state index contributed by atoms with van der Waals surface area (Å²) in [5, 5.41) is 13.7. The highest BCUT2D eigenvalue weighted by Crippen LogP contribution is 2.48. The lowest BCUT2D eigenvalue weighted by atomic mass is 9.97. The van der Waals surface area contributed by atoms with Crippen LogP contribution in [0.3, 0.4) is 0 Å². The molecule has 0 amide bonds. The molecule has 1 heterocycles. The van der Waals surface area contributed by atoms with E-state index in [2.05, 4.69) is 65.5 Å². The van der Waals surface area contributed by atoms with Gasteiger partial charge in [-0.1, -0.05) is 29.4 Å². The van der Waals surface area contributed by atoms with Crippen LogP contribution in [0.15, 0.2) is 47.0 Å². The largest absolute Gasteiger partial charge is 0.382 e. The van der Waals surface area contributed by atoms with Crippen molar-refractivity contribution < 1.29 is 9.26 Å². The van der Waals surface area contributed by atoms with Crippen molar-refractivity contribution in [2.24, 2.45) is 0 Å². The summed E-state index contributed by atoms with van der Waals surface area (Å²) >= 11 is 0. The molecular formula is C29H35N3O2. The first kappa shape index (κ1) is 24.0. The number of benzene rings is 2. The third-order valence-electron chi connectivity index (χ3n) is 6.89. The fourth-order valence-electron chi connectivity index (χ4n) is 4.69. The van der Waals surface area contributed by atoms with Gasteiger partial charge in [0.25, 0.3) is 0 Å². The highest BCUT2D eigenvalue weighted by Gasteiger charge is 2.44. The third-order valence-corrected chi connectivity index (χ3v) is 6.89. The van der Waals surface area contributed by atoms with Crippen LogP contribution in [-0.2, 0) is 10.2 Å². The predicted molar refractivity (Wildman–Crippen MR) is 136 cm³/mol. The van der Waals surface area contributed by atoms with Crippen molar-refractivity contribution in [3.63, 3.8) is 0 Å². The van der Waals surface area contributed by atoms with E-state index in [0.29, 0.717) is 0 Å². The molecule has 0 atom stereocenters. The van der Waals surface area contributed by atoms with E-state index in [4.69, 9.17) is 9.26 Å². The highest BCUT2D eigenvalue weighted by molar-refractivity contribution is 5.76. The van der Waals surface area contributed by atoms with Crippen molar-refractivity contribution in [2.75, 3.05) is 24.7 Å². The second-order valence-electron chi connectivity index (χ2n) is 9.35. The average Bonchev–Trinajstić information content (AvgIpc) is 3.58. The van der Waals surface area contributed by atoms with E-state index < -0.39 is 0 Å². The number of anilines is 2. The van der Waals surface area contributed by atoms with Gasteiger partial charge in [0.05, 0.1) is 17.2 Å². The number of aryl methyl sites for hydroxylation is 3. The Morgan fingerprint density at radius 1 is 1.06 bits per heavy atom. The first-order chi connectivity index (χ1) is 16.5. The minimum atomic E-state index is -0.262. The van der Waals surface area contributed by atoms with Gasteiger partial charge in [0.1, 0.15) is 5.76 Å². The Labute approximate surface area is 203 Å². The monoisotopic (exact) mass is 457 g/mol. The fourth-order valence-corrected chi connectivity index (χ4v) is 4.69. The van der Waals surface area contributed by atoms with Gasteiger partial charge in [-0.3, -0.25) is 0 Å². The van der Waals surface area contributed by atoms with Crippen molar-refractivity contribution in [2.45, 2.75) is 65.2 Å². The van der Waals surface area contributed by atoms with E-state index >= 15 is 0 Å². The minimum absolute atomic E-state index is 0.262. The third kappa shape index (κ3) is 5.03. The molecule has 0 N–H and O–H groups in total. The van der Waals surface area contributed by atoms with Gasteiger partial charge in [0.15, 0.2) is 0 Å². The van der Waals surface area contributed by atoms with Gasteiger partial charge in [0.2, 0.25) is 0 Å². The summed E-state index contributed by atoms with van der Waals surface area (Å²) in [7, 11) is 0. The molecule has 0 bridgehead atoms. The first-order valence-corrected chi connectivity index (χ1v) is 12.4. The summed E-state index contributed by atoms with van der Waals surface area (Å²) in [6, 6.07) is 17.7. The Hall–Kier alpha value is -3.10. The zero-order valence-electron chi connectivity index (χ0n) is 20.9. The molecular weight excluding hydrogens is 422 g/mol. The zero-order valence-corrected chi connectivity index (χ0v) is 20.9. The fraction of sp³-hybridized carbons (Fsp3) is 0.448. The molecule has 1 aliphatic carbocycles. The van der Waals surface area contributed by atoms with E-state index in [-0.39, 0.29) is 5.41 Å². The SMILES string of the molecule is CCOCCCCCN(c1ccc(C2(C#N)CC2)cc1)c1cc(-c2c(C)noc2C)ccc1C. The van der Waals surface area contributed by atoms with E-state index in [1.165, 1.54) is 11.3 Å². The van der Waals surface area contributed by atoms with E-state index in [0.717, 1.165) is 85.7 Å². The van der Waals surface area contributed by atoms with Gasteiger partial charge < -0.3 is 14.2 Å². The van der Waals surface area contributed by atoms with Crippen LogP contribution in [0.4, 0.5) is 11.4 Å². The molecule has 0 saturated heterocycles. The molecule has 0 unspecified atom stereocenters. The minimum Gasteiger partial charge on any atom is -0.382 e. The van der Waals surface area contributed by atoms with Gasteiger partial charge in [0, 0.05) is 36.7 Å². The van der Waals surface area contributed by atoms with Crippen molar-refractivity contribution in [3.8, 4) is 17.2 Å². The highest BCUT2D eigenvalue weighted by atomic mass is 16.5. The lowest BCUT2D eigenvalue weighted by molar-refractivity contribution is 0.143. The second kappa shape index (κ2) is 10.4. The van der Waals surface area contributed by atoms with Gasteiger partial charge in [-0.2, -0.15) is 5.26 Å². The number of ether oxygens (including phenoxy) is 1. The smallest absolute Gasteiger partial charge is 0.141 e. The normalized spacial score (nSPS) is 14.1. The maximum absolute atomic E-state index is 9.59. The second-order valence-corrected chi connectivity index (χ2v) is 9.35. The Kier molecular flexibility index (Phi) is 7.38. The lowest BCUT2D eigenvalue weighted by Crippen LogP contribution is -2.20. The molecule has 1 fully saturated rings. The lowest BCUT2D eigenvalue weighted by Gasteiger charge is -2.28. The first-order valence-electron chi connectivity index (χ1n) is 12.4. The Morgan fingerprint density at radius 3 is 2.44 bits per heavy atom. The maximum Gasteiger partial charge on any atom is 0.141 e. The van der Waals surface area contributed by atoms with Crippen LogP contribution >= 0.6 is 0 Å². The summed E-state index contributed by atoms with van der Waals surface area (Å²) in [6.07, 6.45) is 5.19. The number of hydrogen-bond donors (Lipinski definition) is 0. The molecule has 1 saturated carbocycles. The van der Waals surface area contributed by atoms with Crippen LogP contribution in [-0.4, -0.2) is 24.9 Å². The van der Waals surface area contributed by atoms with Gasteiger partial charge >= 0.3 is 0 Å². The molecule has 34 heavy (non-hydrogen) atoms. The molecule has 4 rings (SSSR count). The van der Waals surface area contributed by atoms with Crippen LogP contribution in [0.5, 0.6) is 0 Å². The molecule has 0 radical (unpaired) electrons. The van der Waals surface area contributed by atoms with Crippen molar-refractivity contribution >= 4 is 11.4 Å². The summed E-state index contributed by atoms with van der Waals surface area (Å²) in [4.78, 5) is 2.41. The molecule has 0 spiro atoms. The number of unbranched alkanes of at least 4 members (excludes halogenated alkanes) is 2. The summed E-state index contributed by atoms with van der Waals surface area (Å²) < 4.78 is 11.0. The van der Waals surface area contributed by atoms with Crippen molar-refractivity contribution in [1.82, 2.24) is 5.16 Å². The number of rotatable bonds is 11. The summed E-state index contributed by atoms with van der Waals surface area (Å²) in [5.74, 6) is 0.838. The topological polar surface area (TPSA) is 62.3 Å². The Balaban J connectivity index is 1.64. The summed E-state index contributed by atoms with van der Waals surface area (Å²) in [6.45, 7) is 10.7. The number of hydrogen-bond acceptors (Lipinski definition) is 5. The van der Waals surface area contributed by atoms with Gasteiger partial charge in [-0.25, -0.2) is 0 Å². The number of nitrogens with zero attached hydrogens (tertiary/aromatic N) is 3. The molecule has 0 aliphatic heterocycles. The molecule has 5 nitrogen and oxygen atoms in total. The van der Waals surface area contributed by atoms with E-state index in [9.17, 15) is 5.26 Å². The van der Waals surface area contributed by atoms with Crippen molar-refractivity contribution in [1.29, 1.82) is 5.26 Å². The zero-order chi connectivity index (χ0) is 24.1. The summed E-state index contributed by atoms with van der Waals surface area (Å²) in [5.41, 5.74) is 7.54. The van der Waals surface area contributed by atoms with Crippen LogP contribution in [0, 0.1) is 32.1 Å². The Morgan fingerprint density at radius 2 is 1.82 bits per heavy atom. The predicted octanol–water partition coefficient (Wildman–Crippen LogP) is 7.17. The maximum atomic E-state index is 9.59. The molecule has 1 aliphatic rings. The van der Waals surface area contributed by atoms with E-state index in [1.54, 1.807) is 0 Å². The molecule has 3 aromatic rings. The van der Waals surface area contributed by atoms with Crippen LogP contribution in [0.25, 0.3) is 11.1 Å². The molecule has 1 aromatic heterocycles. The average molecular weight is 458 g/mol. The quantitative estimate of drug-likeness (QED) is 0.286. The Bertz CT molecular complexity index is 1130. The number of aromatic nitrogens is 1. The number of nitriles is 1. The molecule has 2 aromatic carbocycles. The standard InChI is InChI=1S/C29H35N3O2/c1-5-33-18-8-6-7-17-32(26-13-11-25(12-14-26)29(20-30)15-16-29)27-19-24(10-9-21(27)2)28-22(3)31-34-23(28)4/h9-14,19H,5-8,15-18H2,1-4H3. The molecule has 178 valence electrons. The van der Waals surface area contributed by atoms with Crippen LogP contribution < -0.4 is 4.90 Å². The molecule has 5 heteroatoms. The van der Waals surface area contributed by atoms with Gasteiger partial charge in [-0.05, 0) is 94.7 Å². The van der Waals surface area contributed by atoms with Crippen LogP contribution in [0.1, 0.15) is 61.6 Å². The van der Waals surface area contributed by atoms with Crippen molar-refractivity contribution in [3.05, 3.63) is 65.0 Å². The van der Waals surface area contributed by atoms with E-state index in [1.807, 2.05) is 20.8 Å².